The summed E-state index contributed by atoms with van der Waals surface area (Å²) >= 11 is 12.8. The van der Waals surface area contributed by atoms with Gasteiger partial charge >= 0.3 is 0 Å². The number of carbonyl (C=O) groups excluding carboxylic acids is 2. The van der Waals surface area contributed by atoms with Gasteiger partial charge in [-0.15, -0.1) is 0 Å². The largest absolute Gasteiger partial charge is 0.326 e. The van der Waals surface area contributed by atoms with Gasteiger partial charge in [0.05, 0.1) is 4.91 Å². The first kappa shape index (κ1) is 21.6. The molecule has 3 rings (SSSR count). The highest BCUT2D eigenvalue weighted by Gasteiger charge is 2.31. The van der Waals surface area contributed by atoms with Gasteiger partial charge in [0.15, 0.2) is 0 Å². The average Bonchev–Trinajstić information content (AvgIpc) is 2.94. The summed E-state index contributed by atoms with van der Waals surface area (Å²) in [5, 5.41) is 3.48. The number of halogens is 1. The Bertz CT molecular complexity index is 1000. The number of rotatable bonds is 6. The van der Waals surface area contributed by atoms with Crippen molar-refractivity contribution in [1.82, 2.24) is 4.90 Å². The number of hydrogen-bond donors (Lipinski definition) is 1. The van der Waals surface area contributed by atoms with Crippen LogP contribution in [0.2, 0.25) is 5.02 Å². The molecule has 0 saturated carbocycles. The van der Waals surface area contributed by atoms with Gasteiger partial charge in [0.25, 0.3) is 5.91 Å². The minimum atomic E-state index is -0.144. The number of hydrogen-bond acceptors (Lipinski definition) is 4. The van der Waals surface area contributed by atoms with E-state index in [4.69, 9.17) is 23.8 Å². The predicted octanol–water partition coefficient (Wildman–Crippen LogP) is 5.58. The Morgan fingerprint density at radius 3 is 2.69 bits per heavy atom. The number of carbonyl (C=O) groups is 2. The lowest BCUT2D eigenvalue weighted by Gasteiger charge is -2.14. The van der Waals surface area contributed by atoms with E-state index in [-0.39, 0.29) is 11.8 Å². The summed E-state index contributed by atoms with van der Waals surface area (Å²) < 4.78 is 0.503. The number of nitrogens with one attached hydrogen (secondary N) is 1. The van der Waals surface area contributed by atoms with E-state index in [1.54, 1.807) is 17.0 Å². The smallest absolute Gasteiger partial charge is 0.266 e. The number of anilines is 1. The fourth-order valence-corrected chi connectivity index (χ4v) is 4.36. The average molecular weight is 445 g/mol. The third-order valence-electron chi connectivity index (χ3n) is 4.64. The van der Waals surface area contributed by atoms with Crippen molar-refractivity contribution in [1.29, 1.82) is 0 Å². The highest BCUT2D eigenvalue weighted by molar-refractivity contribution is 8.26. The first-order chi connectivity index (χ1) is 13.8. The van der Waals surface area contributed by atoms with Gasteiger partial charge in [-0.3, -0.25) is 14.5 Å². The van der Waals surface area contributed by atoms with Gasteiger partial charge in [-0.25, -0.2) is 0 Å². The lowest BCUT2D eigenvalue weighted by Crippen LogP contribution is -2.29. The third kappa shape index (κ3) is 5.47. The maximum Gasteiger partial charge on any atom is 0.266 e. The van der Waals surface area contributed by atoms with Crippen molar-refractivity contribution < 1.29 is 9.59 Å². The minimum absolute atomic E-state index is 0.0784. The van der Waals surface area contributed by atoms with Gasteiger partial charge in [-0.2, -0.15) is 0 Å². The third-order valence-corrected chi connectivity index (χ3v) is 6.36. The Balaban J connectivity index is 1.54. The van der Waals surface area contributed by atoms with E-state index in [9.17, 15) is 9.59 Å². The van der Waals surface area contributed by atoms with Crippen LogP contribution in [0.25, 0.3) is 6.08 Å². The van der Waals surface area contributed by atoms with Crippen molar-refractivity contribution in [3.63, 3.8) is 0 Å². The molecule has 0 bridgehead atoms. The van der Waals surface area contributed by atoms with Gasteiger partial charge in [0.2, 0.25) is 5.91 Å². The first-order valence-corrected chi connectivity index (χ1v) is 10.8. The van der Waals surface area contributed by atoms with Crippen molar-refractivity contribution in [2.45, 2.75) is 26.7 Å². The van der Waals surface area contributed by atoms with E-state index >= 15 is 0 Å². The van der Waals surface area contributed by atoms with Gasteiger partial charge in [-0.1, -0.05) is 59.8 Å². The van der Waals surface area contributed by atoms with Crippen LogP contribution in [0.1, 0.15) is 29.5 Å². The van der Waals surface area contributed by atoms with E-state index < -0.39 is 0 Å². The van der Waals surface area contributed by atoms with Crippen molar-refractivity contribution in [2.24, 2.45) is 0 Å². The van der Waals surface area contributed by atoms with Gasteiger partial charge in [0, 0.05) is 23.7 Å². The summed E-state index contributed by atoms with van der Waals surface area (Å²) in [5.41, 5.74) is 3.88. The second-order valence-electron chi connectivity index (χ2n) is 6.81. The van der Waals surface area contributed by atoms with Crippen LogP contribution in [-0.2, 0) is 9.59 Å². The number of benzene rings is 2. The standard InChI is InChI=1S/C22H21ClN2O2S2/c1-14-9-10-17(12-15(14)2)24-20(26)8-5-11-25-21(27)19(29-22(25)28)13-16-6-3-4-7-18(16)23/h3-4,6-7,9-10,12-13H,5,8,11H2,1-2H3,(H,24,26). The van der Waals surface area contributed by atoms with Crippen molar-refractivity contribution in [3.8, 4) is 0 Å². The molecular formula is C22H21ClN2O2S2. The second-order valence-corrected chi connectivity index (χ2v) is 8.89. The summed E-state index contributed by atoms with van der Waals surface area (Å²) in [5.74, 6) is -0.222. The molecule has 2 aromatic rings. The molecule has 1 heterocycles. The normalized spacial score (nSPS) is 15.3. The molecule has 1 N–H and O–H groups in total. The fraction of sp³-hybridized carbons (Fsp3) is 0.227. The molecule has 1 aliphatic rings. The molecule has 4 nitrogen and oxygen atoms in total. The zero-order valence-electron chi connectivity index (χ0n) is 16.2. The SMILES string of the molecule is Cc1ccc(NC(=O)CCCN2C(=O)C(=Cc3ccccc3Cl)SC2=S)cc1C. The molecule has 0 aromatic heterocycles. The van der Waals surface area contributed by atoms with Crippen LogP contribution >= 0.6 is 35.6 Å². The first-order valence-electron chi connectivity index (χ1n) is 9.22. The molecule has 2 amide bonds. The van der Waals surface area contributed by atoms with Crippen molar-refractivity contribution in [2.75, 3.05) is 11.9 Å². The molecule has 0 unspecified atom stereocenters. The molecule has 2 aromatic carbocycles. The summed E-state index contributed by atoms with van der Waals surface area (Å²) in [6.45, 7) is 4.45. The molecule has 150 valence electrons. The summed E-state index contributed by atoms with van der Waals surface area (Å²) in [6, 6.07) is 13.2. The molecular weight excluding hydrogens is 424 g/mol. The summed E-state index contributed by atoms with van der Waals surface area (Å²) in [4.78, 5) is 27.0. The number of nitrogens with zero attached hydrogens (tertiary/aromatic N) is 1. The maximum atomic E-state index is 12.7. The van der Waals surface area contributed by atoms with E-state index in [1.807, 2.05) is 50.2 Å². The van der Waals surface area contributed by atoms with Gasteiger partial charge < -0.3 is 5.32 Å². The topological polar surface area (TPSA) is 49.4 Å². The Morgan fingerprint density at radius 1 is 1.21 bits per heavy atom. The highest BCUT2D eigenvalue weighted by atomic mass is 35.5. The van der Waals surface area contributed by atoms with Crippen LogP contribution in [0, 0.1) is 13.8 Å². The second kappa shape index (κ2) is 9.57. The monoisotopic (exact) mass is 444 g/mol. The maximum absolute atomic E-state index is 12.7. The molecule has 1 aliphatic heterocycles. The number of thioether (sulfide) groups is 1. The van der Waals surface area contributed by atoms with E-state index in [0.717, 1.165) is 16.8 Å². The highest BCUT2D eigenvalue weighted by Crippen LogP contribution is 2.33. The predicted molar refractivity (Wildman–Crippen MR) is 125 cm³/mol. The zero-order chi connectivity index (χ0) is 21.0. The van der Waals surface area contributed by atoms with Crippen LogP contribution in [0.4, 0.5) is 5.69 Å². The Morgan fingerprint density at radius 2 is 1.97 bits per heavy atom. The zero-order valence-corrected chi connectivity index (χ0v) is 18.6. The van der Waals surface area contributed by atoms with Crippen molar-refractivity contribution >= 4 is 63.5 Å². The molecule has 1 fully saturated rings. The quantitative estimate of drug-likeness (QED) is 0.467. The molecule has 1 saturated heterocycles. The number of aryl methyl sites for hydroxylation is 2. The van der Waals surface area contributed by atoms with Gasteiger partial charge in [0.1, 0.15) is 4.32 Å². The van der Waals surface area contributed by atoms with Crippen LogP contribution in [0.15, 0.2) is 47.4 Å². The Hall–Kier alpha value is -2.15. The number of amides is 2. The van der Waals surface area contributed by atoms with Crippen LogP contribution in [0.5, 0.6) is 0 Å². The molecule has 0 radical (unpaired) electrons. The Labute approximate surface area is 185 Å². The molecule has 29 heavy (non-hydrogen) atoms. The lowest BCUT2D eigenvalue weighted by molar-refractivity contribution is -0.122. The summed E-state index contributed by atoms with van der Waals surface area (Å²) in [6.07, 6.45) is 2.60. The molecule has 7 heteroatoms. The Kier molecular flexibility index (Phi) is 7.11. The molecule has 0 atom stereocenters. The van der Waals surface area contributed by atoms with Crippen molar-refractivity contribution in [3.05, 3.63) is 69.1 Å². The summed E-state index contributed by atoms with van der Waals surface area (Å²) in [7, 11) is 0. The van der Waals surface area contributed by atoms with E-state index in [1.165, 1.54) is 17.3 Å². The molecule has 0 spiro atoms. The van der Waals surface area contributed by atoms with Crippen LogP contribution < -0.4 is 5.32 Å². The fourth-order valence-electron chi connectivity index (χ4n) is 2.87. The van der Waals surface area contributed by atoms with Gasteiger partial charge in [-0.05, 0) is 61.2 Å². The minimum Gasteiger partial charge on any atom is -0.326 e. The van der Waals surface area contributed by atoms with Crippen LogP contribution in [-0.4, -0.2) is 27.6 Å². The van der Waals surface area contributed by atoms with E-state index in [2.05, 4.69) is 5.32 Å². The molecule has 0 aliphatic carbocycles. The lowest BCUT2D eigenvalue weighted by atomic mass is 10.1. The number of thiocarbonyl (C=S) groups is 1. The van der Waals surface area contributed by atoms with Crippen LogP contribution in [0.3, 0.4) is 0 Å². The van der Waals surface area contributed by atoms with E-state index in [0.29, 0.717) is 33.6 Å².